The van der Waals surface area contributed by atoms with Gasteiger partial charge in [0.1, 0.15) is 0 Å². The number of hydrogen-bond donors (Lipinski definition) is 1. The summed E-state index contributed by atoms with van der Waals surface area (Å²) in [5.74, 6) is 1.60. The van der Waals surface area contributed by atoms with Crippen molar-refractivity contribution >= 4 is 11.9 Å². The quantitative estimate of drug-likeness (QED) is 0.892. The third kappa shape index (κ3) is 3.06. The van der Waals surface area contributed by atoms with E-state index in [0.29, 0.717) is 17.6 Å². The van der Waals surface area contributed by atoms with Gasteiger partial charge in [0.05, 0.1) is 5.69 Å². The first-order valence-corrected chi connectivity index (χ1v) is 5.81. The van der Waals surface area contributed by atoms with E-state index in [-0.39, 0.29) is 6.01 Å². The molecule has 0 amide bonds. The summed E-state index contributed by atoms with van der Waals surface area (Å²) in [6.07, 6.45) is 1.71. The van der Waals surface area contributed by atoms with Crippen molar-refractivity contribution in [1.29, 1.82) is 0 Å². The van der Waals surface area contributed by atoms with E-state index in [0.717, 1.165) is 5.69 Å². The molecule has 7 nitrogen and oxygen atoms in total. The Labute approximate surface area is 111 Å². The highest BCUT2D eigenvalue weighted by Crippen LogP contribution is 2.22. The highest BCUT2D eigenvalue weighted by Gasteiger charge is 2.10. The Morgan fingerprint density at radius 2 is 2.00 bits per heavy atom. The first-order chi connectivity index (χ1) is 9.10. The molecule has 1 N–H and O–H groups in total. The highest BCUT2D eigenvalue weighted by molar-refractivity contribution is 5.38. The summed E-state index contributed by atoms with van der Waals surface area (Å²) in [7, 11) is 5.45. The molecule has 19 heavy (non-hydrogen) atoms. The summed E-state index contributed by atoms with van der Waals surface area (Å²) >= 11 is 0. The first-order valence-electron chi connectivity index (χ1n) is 5.81. The fraction of sp³-hybridized carbons (Fsp3) is 0.333. The number of aromatic nitrogens is 4. The zero-order valence-corrected chi connectivity index (χ0v) is 11.4. The molecule has 2 rings (SSSR count). The van der Waals surface area contributed by atoms with Crippen LogP contribution in [0.25, 0.3) is 0 Å². The summed E-state index contributed by atoms with van der Waals surface area (Å²) in [5.41, 5.74) is 0.778. The molecule has 0 aromatic carbocycles. The van der Waals surface area contributed by atoms with Gasteiger partial charge in [-0.1, -0.05) is 0 Å². The topological polar surface area (TPSA) is 76.1 Å². The Morgan fingerprint density at radius 3 is 2.63 bits per heavy atom. The normalized spacial score (nSPS) is 10.1. The van der Waals surface area contributed by atoms with Crippen LogP contribution in [0.2, 0.25) is 0 Å². The molecule has 2 heterocycles. The molecule has 0 aliphatic rings. The molecule has 2 aromatic heterocycles. The van der Waals surface area contributed by atoms with Crippen molar-refractivity contribution in [3.63, 3.8) is 0 Å². The van der Waals surface area contributed by atoms with Crippen LogP contribution in [0.5, 0.6) is 11.8 Å². The van der Waals surface area contributed by atoms with E-state index in [1.165, 1.54) is 0 Å². The SMILES string of the molecule is CNc1nc(Oc2cccnc2C)nc(N(C)C)n1. The standard InChI is InChI=1S/C12H16N6O/c1-8-9(6-5-7-14-8)19-12-16-10(13-2)15-11(17-12)18(3)4/h5-7H,1-4H3,(H,13,15,16,17). The minimum Gasteiger partial charge on any atom is -0.422 e. The van der Waals surface area contributed by atoms with E-state index >= 15 is 0 Å². The fourth-order valence-corrected chi connectivity index (χ4v) is 1.38. The molecule has 2 aromatic rings. The number of rotatable bonds is 4. The van der Waals surface area contributed by atoms with Crippen molar-refractivity contribution in [2.24, 2.45) is 0 Å². The molecule has 0 atom stereocenters. The summed E-state index contributed by atoms with van der Waals surface area (Å²) in [6.45, 7) is 1.86. The summed E-state index contributed by atoms with van der Waals surface area (Å²) in [4.78, 5) is 18.5. The first kappa shape index (κ1) is 13.0. The van der Waals surface area contributed by atoms with Crippen molar-refractivity contribution in [2.45, 2.75) is 6.92 Å². The molecule has 0 fully saturated rings. The predicted molar refractivity (Wildman–Crippen MR) is 72.7 cm³/mol. The van der Waals surface area contributed by atoms with Crippen molar-refractivity contribution in [2.75, 3.05) is 31.4 Å². The number of nitrogens with one attached hydrogen (secondary N) is 1. The third-order valence-corrected chi connectivity index (χ3v) is 2.39. The molecule has 0 aliphatic carbocycles. The van der Waals surface area contributed by atoms with E-state index in [9.17, 15) is 0 Å². The van der Waals surface area contributed by atoms with Gasteiger partial charge in [0.2, 0.25) is 11.9 Å². The zero-order valence-electron chi connectivity index (χ0n) is 11.4. The molecule has 0 bridgehead atoms. The van der Waals surface area contributed by atoms with Crippen LogP contribution in [0.1, 0.15) is 5.69 Å². The molecular formula is C12H16N6O. The number of hydrogen-bond acceptors (Lipinski definition) is 7. The number of nitrogens with zero attached hydrogens (tertiary/aromatic N) is 5. The Kier molecular flexibility index (Phi) is 3.74. The van der Waals surface area contributed by atoms with Gasteiger partial charge in [-0.05, 0) is 19.1 Å². The molecule has 100 valence electrons. The second-order valence-electron chi connectivity index (χ2n) is 4.08. The van der Waals surface area contributed by atoms with Gasteiger partial charge in [0.15, 0.2) is 5.75 Å². The molecule has 0 unspecified atom stereocenters. The van der Waals surface area contributed by atoms with E-state index < -0.39 is 0 Å². The lowest BCUT2D eigenvalue weighted by atomic mass is 10.3. The lowest BCUT2D eigenvalue weighted by molar-refractivity contribution is 0.435. The maximum Gasteiger partial charge on any atom is 0.328 e. The second kappa shape index (κ2) is 5.47. The van der Waals surface area contributed by atoms with Crippen molar-refractivity contribution in [3.8, 4) is 11.8 Å². The van der Waals surface area contributed by atoms with Crippen LogP contribution < -0.4 is 15.0 Å². The minimum absolute atomic E-state index is 0.235. The van der Waals surface area contributed by atoms with E-state index in [1.807, 2.05) is 27.1 Å². The number of aryl methyl sites for hydroxylation is 1. The molecule has 7 heteroatoms. The van der Waals surface area contributed by atoms with Gasteiger partial charge >= 0.3 is 6.01 Å². The third-order valence-electron chi connectivity index (χ3n) is 2.39. The van der Waals surface area contributed by atoms with Crippen LogP contribution in [-0.2, 0) is 0 Å². The largest absolute Gasteiger partial charge is 0.422 e. The maximum atomic E-state index is 5.65. The van der Waals surface area contributed by atoms with E-state index in [2.05, 4.69) is 25.3 Å². The zero-order chi connectivity index (χ0) is 13.8. The summed E-state index contributed by atoms with van der Waals surface area (Å²) in [6, 6.07) is 3.86. The average molecular weight is 260 g/mol. The van der Waals surface area contributed by atoms with E-state index in [4.69, 9.17) is 4.74 Å². The van der Waals surface area contributed by atoms with Crippen LogP contribution in [0.3, 0.4) is 0 Å². The molecule has 0 saturated carbocycles. The second-order valence-corrected chi connectivity index (χ2v) is 4.08. The Bertz CT molecular complexity index is 572. The number of ether oxygens (including phenoxy) is 1. The van der Waals surface area contributed by atoms with Gasteiger partial charge in [-0.15, -0.1) is 0 Å². The fourth-order valence-electron chi connectivity index (χ4n) is 1.38. The Hall–Kier alpha value is -2.44. The highest BCUT2D eigenvalue weighted by atomic mass is 16.5. The lowest BCUT2D eigenvalue weighted by Gasteiger charge is -2.13. The lowest BCUT2D eigenvalue weighted by Crippen LogP contribution is -2.15. The van der Waals surface area contributed by atoms with E-state index in [1.54, 1.807) is 24.2 Å². The molecular weight excluding hydrogens is 244 g/mol. The van der Waals surface area contributed by atoms with Crippen LogP contribution in [0, 0.1) is 6.92 Å². The van der Waals surface area contributed by atoms with Crippen LogP contribution >= 0.6 is 0 Å². The van der Waals surface area contributed by atoms with Gasteiger partial charge < -0.3 is 15.0 Å². The maximum absolute atomic E-state index is 5.65. The van der Waals surface area contributed by atoms with Gasteiger partial charge in [0, 0.05) is 27.3 Å². The van der Waals surface area contributed by atoms with Crippen molar-refractivity contribution < 1.29 is 4.74 Å². The van der Waals surface area contributed by atoms with Crippen molar-refractivity contribution in [1.82, 2.24) is 19.9 Å². The Balaban J connectivity index is 2.34. The molecule has 0 aliphatic heterocycles. The molecule has 0 radical (unpaired) electrons. The van der Waals surface area contributed by atoms with Crippen LogP contribution in [0.4, 0.5) is 11.9 Å². The number of pyridine rings is 1. The van der Waals surface area contributed by atoms with Gasteiger partial charge in [-0.2, -0.15) is 15.0 Å². The predicted octanol–water partition coefficient (Wildman–Crippen LogP) is 1.48. The van der Waals surface area contributed by atoms with Gasteiger partial charge in [-0.25, -0.2) is 0 Å². The van der Waals surface area contributed by atoms with Gasteiger partial charge in [0.25, 0.3) is 0 Å². The summed E-state index contributed by atoms with van der Waals surface area (Å²) in [5, 5.41) is 2.88. The average Bonchev–Trinajstić information content (AvgIpc) is 2.41. The summed E-state index contributed by atoms with van der Waals surface area (Å²) < 4.78 is 5.65. The van der Waals surface area contributed by atoms with Crippen LogP contribution in [0.15, 0.2) is 18.3 Å². The molecule has 0 spiro atoms. The van der Waals surface area contributed by atoms with Gasteiger partial charge in [-0.3, -0.25) is 4.98 Å². The minimum atomic E-state index is 0.235. The van der Waals surface area contributed by atoms with Crippen molar-refractivity contribution in [3.05, 3.63) is 24.0 Å². The smallest absolute Gasteiger partial charge is 0.328 e. The Morgan fingerprint density at radius 1 is 1.21 bits per heavy atom. The molecule has 0 saturated heterocycles. The van der Waals surface area contributed by atoms with Crippen LogP contribution in [-0.4, -0.2) is 41.1 Å². The monoisotopic (exact) mass is 260 g/mol. The number of anilines is 2.